The van der Waals surface area contributed by atoms with Crippen molar-refractivity contribution in [1.82, 2.24) is 0 Å². The molecule has 0 bridgehead atoms. The topological polar surface area (TPSA) is 55.8 Å². The van der Waals surface area contributed by atoms with Crippen LogP contribution in [0.5, 0.6) is 5.75 Å². The molecule has 3 rings (SSSR count). The predicted octanol–water partition coefficient (Wildman–Crippen LogP) is 7.98. The van der Waals surface area contributed by atoms with Gasteiger partial charge in [0.15, 0.2) is 0 Å². The van der Waals surface area contributed by atoms with Crippen molar-refractivity contribution < 1.29 is 19.4 Å². The minimum absolute atomic E-state index is 0.207. The average Bonchev–Trinajstić information content (AvgIpc) is 2.89. The number of aliphatic hydroxyl groups excluding tert-OH is 1. The summed E-state index contributed by atoms with van der Waals surface area (Å²) in [5.41, 5.74) is 1.30. The van der Waals surface area contributed by atoms with Crippen molar-refractivity contribution in [3.63, 3.8) is 0 Å². The van der Waals surface area contributed by atoms with Gasteiger partial charge in [-0.3, -0.25) is 4.79 Å². The molecule has 1 unspecified atom stereocenters. The lowest BCUT2D eigenvalue weighted by Gasteiger charge is -2.31. The molecule has 0 spiro atoms. The van der Waals surface area contributed by atoms with Gasteiger partial charge in [0.2, 0.25) is 0 Å². The highest BCUT2D eigenvalue weighted by Crippen LogP contribution is 2.36. The van der Waals surface area contributed by atoms with Crippen LogP contribution in [0.2, 0.25) is 5.02 Å². The second-order valence-corrected chi connectivity index (χ2v) is 11.3. The van der Waals surface area contributed by atoms with Crippen LogP contribution >= 0.6 is 23.4 Å². The fourth-order valence-electron chi connectivity index (χ4n) is 4.48. The number of carbonyl (C=O) groups excluding carboxylic acids is 1. The monoisotopic (exact) mass is 540 g/mol. The number of aliphatic hydroxyl groups is 1. The largest absolute Gasteiger partial charge is 0.489 e. The molecule has 3 aromatic carbocycles. The first-order valence-electron chi connectivity index (χ1n) is 12.9. The van der Waals surface area contributed by atoms with Crippen LogP contribution in [0.25, 0.3) is 0 Å². The Balaban J connectivity index is 1.60. The van der Waals surface area contributed by atoms with Gasteiger partial charge in [0.1, 0.15) is 12.4 Å². The number of esters is 1. The van der Waals surface area contributed by atoms with Crippen molar-refractivity contribution in [3.8, 4) is 5.75 Å². The maximum atomic E-state index is 12.7. The molecule has 0 aliphatic heterocycles. The van der Waals surface area contributed by atoms with Gasteiger partial charge >= 0.3 is 5.97 Å². The Morgan fingerprint density at radius 2 is 1.78 bits per heavy atom. The zero-order valence-electron chi connectivity index (χ0n) is 21.9. The standard InChI is InChI=1S/C31H37ClO4S/c1-4-35-30(34)31(22-33,20-23(2)3)17-9-12-25-15-16-28(19-29(25)32)37-27-14-8-13-26(18-27)36-21-24-10-6-5-7-11-24/h5-8,10-11,13-16,18-19,23,33H,4,9,12,17,20-22H2,1-3H3. The van der Waals surface area contributed by atoms with Crippen molar-refractivity contribution in [1.29, 1.82) is 0 Å². The molecule has 0 radical (unpaired) electrons. The third kappa shape index (κ3) is 8.80. The predicted molar refractivity (Wildman–Crippen MR) is 151 cm³/mol. The van der Waals surface area contributed by atoms with Gasteiger partial charge in [-0.2, -0.15) is 0 Å². The van der Waals surface area contributed by atoms with E-state index in [-0.39, 0.29) is 18.5 Å². The van der Waals surface area contributed by atoms with Crippen LogP contribution < -0.4 is 4.74 Å². The lowest BCUT2D eigenvalue weighted by Crippen LogP contribution is -2.38. The molecule has 0 aromatic heterocycles. The molecule has 1 atom stereocenters. The van der Waals surface area contributed by atoms with E-state index in [1.54, 1.807) is 18.7 Å². The second-order valence-electron chi connectivity index (χ2n) is 9.71. The summed E-state index contributed by atoms with van der Waals surface area (Å²) in [6.45, 7) is 6.54. The molecule has 0 fully saturated rings. The lowest BCUT2D eigenvalue weighted by molar-refractivity contribution is -0.160. The molecule has 0 aliphatic rings. The van der Waals surface area contributed by atoms with Crippen molar-refractivity contribution >= 4 is 29.3 Å². The van der Waals surface area contributed by atoms with Crippen LogP contribution in [0.15, 0.2) is 82.6 Å². The summed E-state index contributed by atoms with van der Waals surface area (Å²) in [7, 11) is 0. The second kappa shape index (κ2) is 14.5. The van der Waals surface area contributed by atoms with E-state index in [4.69, 9.17) is 21.1 Å². The molecule has 3 aromatic rings. The quantitative estimate of drug-likeness (QED) is 0.210. The van der Waals surface area contributed by atoms with Gasteiger partial charge in [-0.25, -0.2) is 0 Å². The number of rotatable bonds is 14. The first kappa shape index (κ1) is 29.1. The number of hydrogen-bond donors (Lipinski definition) is 1. The Kier molecular flexibility index (Phi) is 11.4. The minimum atomic E-state index is -0.861. The van der Waals surface area contributed by atoms with Crippen LogP contribution in [-0.4, -0.2) is 24.3 Å². The Bertz CT molecular complexity index is 1140. The zero-order chi connectivity index (χ0) is 26.7. The third-order valence-electron chi connectivity index (χ3n) is 6.23. The molecule has 0 heterocycles. The molecule has 37 heavy (non-hydrogen) atoms. The Labute approximate surface area is 230 Å². The summed E-state index contributed by atoms with van der Waals surface area (Å²) in [6, 6.07) is 24.3. The highest BCUT2D eigenvalue weighted by Gasteiger charge is 2.39. The summed E-state index contributed by atoms with van der Waals surface area (Å²) >= 11 is 8.28. The van der Waals surface area contributed by atoms with Gasteiger partial charge in [0, 0.05) is 14.8 Å². The van der Waals surface area contributed by atoms with Crippen LogP contribution in [0.3, 0.4) is 0 Å². The lowest BCUT2D eigenvalue weighted by atomic mass is 9.76. The van der Waals surface area contributed by atoms with Crippen LogP contribution in [-0.2, 0) is 22.6 Å². The van der Waals surface area contributed by atoms with Crippen molar-refractivity contribution in [2.24, 2.45) is 11.3 Å². The molecule has 0 aliphatic carbocycles. The molecular weight excluding hydrogens is 504 g/mol. The van der Waals surface area contributed by atoms with Crippen molar-refractivity contribution in [2.75, 3.05) is 13.2 Å². The summed E-state index contributed by atoms with van der Waals surface area (Å²) in [5.74, 6) is 0.796. The molecule has 4 nitrogen and oxygen atoms in total. The first-order chi connectivity index (χ1) is 17.8. The van der Waals surface area contributed by atoms with Crippen LogP contribution in [0.1, 0.15) is 51.2 Å². The van der Waals surface area contributed by atoms with Gasteiger partial charge in [0.05, 0.1) is 18.6 Å². The number of halogens is 1. The van der Waals surface area contributed by atoms with E-state index in [1.807, 2.05) is 60.7 Å². The first-order valence-corrected chi connectivity index (χ1v) is 14.1. The normalized spacial score (nSPS) is 12.8. The summed E-state index contributed by atoms with van der Waals surface area (Å²) in [4.78, 5) is 14.8. The van der Waals surface area contributed by atoms with E-state index in [0.29, 0.717) is 31.1 Å². The maximum Gasteiger partial charge on any atom is 0.314 e. The molecule has 1 N–H and O–H groups in total. The van der Waals surface area contributed by atoms with E-state index in [9.17, 15) is 9.90 Å². The van der Waals surface area contributed by atoms with Gasteiger partial charge < -0.3 is 14.6 Å². The van der Waals surface area contributed by atoms with Gasteiger partial charge in [-0.1, -0.05) is 79.7 Å². The Hall–Kier alpha value is -2.47. The number of carbonyl (C=O) groups is 1. The van der Waals surface area contributed by atoms with E-state index in [0.717, 1.165) is 39.5 Å². The maximum absolute atomic E-state index is 12.7. The molecule has 0 amide bonds. The van der Waals surface area contributed by atoms with Crippen LogP contribution in [0, 0.1) is 11.3 Å². The van der Waals surface area contributed by atoms with Gasteiger partial charge in [-0.05, 0) is 80.0 Å². The minimum Gasteiger partial charge on any atom is -0.489 e. The zero-order valence-corrected chi connectivity index (χ0v) is 23.5. The molecule has 0 saturated carbocycles. The molecule has 198 valence electrons. The number of aryl methyl sites for hydroxylation is 1. The molecule has 6 heteroatoms. The number of hydrogen-bond acceptors (Lipinski definition) is 5. The summed E-state index contributed by atoms with van der Waals surface area (Å²) in [6.07, 6.45) is 2.62. The third-order valence-corrected chi connectivity index (χ3v) is 7.56. The summed E-state index contributed by atoms with van der Waals surface area (Å²) in [5, 5.41) is 10.8. The van der Waals surface area contributed by atoms with E-state index in [1.165, 1.54) is 0 Å². The highest BCUT2D eigenvalue weighted by molar-refractivity contribution is 7.99. The average molecular weight is 541 g/mol. The summed E-state index contributed by atoms with van der Waals surface area (Å²) < 4.78 is 11.3. The molecular formula is C31H37ClO4S. The van der Waals surface area contributed by atoms with Crippen molar-refractivity contribution in [2.45, 2.75) is 62.9 Å². The van der Waals surface area contributed by atoms with Crippen LogP contribution in [0.4, 0.5) is 0 Å². The Morgan fingerprint density at radius 3 is 2.46 bits per heavy atom. The number of benzene rings is 3. The van der Waals surface area contributed by atoms with E-state index < -0.39 is 5.41 Å². The fourth-order valence-corrected chi connectivity index (χ4v) is 5.72. The van der Waals surface area contributed by atoms with Gasteiger partial charge in [-0.15, -0.1) is 0 Å². The van der Waals surface area contributed by atoms with E-state index in [2.05, 4.69) is 26.0 Å². The fraction of sp³-hybridized carbons (Fsp3) is 0.387. The number of ether oxygens (including phenoxy) is 2. The Morgan fingerprint density at radius 1 is 1.03 bits per heavy atom. The van der Waals surface area contributed by atoms with E-state index >= 15 is 0 Å². The van der Waals surface area contributed by atoms with Gasteiger partial charge in [0.25, 0.3) is 0 Å². The highest BCUT2D eigenvalue weighted by atomic mass is 35.5. The SMILES string of the molecule is CCOC(=O)C(CO)(CCCc1ccc(Sc2cccc(OCc3ccccc3)c2)cc1Cl)CC(C)C. The van der Waals surface area contributed by atoms with Crippen molar-refractivity contribution in [3.05, 3.63) is 88.9 Å². The smallest absolute Gasteiger partial charge is 0.314 e. The molecule has 0 saturated heterocycles.